The summed E-state index contributed by atoms with van der Waals surface area (Å²) in [5, 5.41) is 11.0. The Morgan fingerprint density at radius 1 is 1.04 bits per heavy atom. The molecule has 7 nitrogen and oxygen atoms in total. The van der Waals surface area contributed by atoms with Crippen molar-refractivity contribution in [3.8, 4) is 5.69 Å². The van der Waals surface area contributed by atoms with E-state index in [0.29, 0.717) is 12.2 Å². The minimum Gasteiger partial charge on any atom is -0.207 e. The molecule has 0 N–H and O–H groups in total. The first-order valence-corrected chi connectivity index (χ1v) is 9.00. The average Bonchev–Trinajstić information content (AvgIpc) is 3.09. The van der Waals surface area contributed by atoms with Crippen LogP contribution in [0.25, 0.3) is 5.69 Å². The van der Waals surface area contributed by atoms with Gasteiger partial charge in [-0.15, -0.1) is 5.10 Å². The van der Waals surface area contributed by atoms with Crippen molar-refractivity contribution in [2.45, 2.75) is 17.4 Å². The van der Waals surface area contributed by atoms with Gasteiger partial charge in [0.15, 0.2) is 0 Å². The second-order valence-corrected chi connectivity index (χ2v) is 7.47. The lowest BCUT2D eigenvalue weighted by atomic mass is 9.98. The van der Waals surface area contributed by atoms with Crippen molar-refractivity contribution >= 4 is 10.0 Å². The van der Waals surface area contributed by atoms with Gasteiger partial charge in [0, 0.05) is 6.54 Å². The molecule has 1 saturated heterocycles. The van der Waals surface area contributed by atoms with Crippen LogP contribution in [0.1, 0.15) is 18.0 Å². The molecule has 4 rings (SSSR count). The van der Waals surface area contributed by atoms with Crippen LogP contribution in [0.3, 0.4) is 0 Å². The highest BCUT2D eigenvalue weighted by Gasteiger charge is 2.39. The van der Waals surface area contributed by atoms with Crippen LogP contribution in [-0.2, 0) is 10.0 Å². The average molecular weight is 341 g/mol. The molecule has 0 aliphatic carbocycles. The third-order valence-corrected chi connectivity index (χ3v) is 6.10. The third kappa shape index (κ3) is 2.49. The number of hydrogen-bond donors (Lipinski definition) is 0. The van der Waals surface area contributed by atoms with Gasteiger partial charge in [0.05, 0.1) is 16.6 Å². The summed E-state index contributed by atoms with van der Waals surface area (Å²) in [6.45, 7) is 0.525. The largest absolute Gasteiger partial charge is 0.243 e. The molecule has 1 aliphatic heterocycles. The van der Waals surface area contributed by atoms with E-state index in [4.69, 9.17) is 0 Å². The number of benzene rings is 2. The Balaban J connectivity index is 1.67. The minimum atomic E-state index is -3.56. The van der Waals surface area contributed by atoms with Crippen molar-refractivity contribution in [1.82, 2.24) is 24.5 Å². The first kappa shape index (κ1) is 15.0. The summed E-state index contributed by atoms with van der Waals surface area (Å²) in [5.41, 5.74) is 1.63. The van der Waals surface area contributed by atoms with Crippen molar-refractivity contribution in [3.05, 3.63) is 66.5 Å². The highest BCUT2D eigenvalue weighted by molar-refractivity contribution is 7.89. The lowest BCUT2D eigenvalue weighted by Gasteiger charge is -2.40. The molecular weight excluding hydrogens is 326 g/mol. The lowest BCUT2D eigenvalue weighted by Crippen LogP contribution is -2.44. The molecule has 0 spiro atoms. The van der Waals surface area contributed by atoms with E-state index in [1.54, 1.807) is 28.6 Å². The van der Waals surface area contributed by atoms with E-state index in [2.05, 4.69) is 15.5 Å². The molecule has 0 amide bonds. The number of rotatable bonds is 4. The van der Waals surface area contributed by atoms with Crippen LogP contribution in [0.15, 0.2) is 65.8 Å². The fourth-order valence-corrected chi connectivity index (χ4v) is 4.56. The predicted molar refractivity (Wildman–Crippen MR) is 86.8 cm³/mol. The van der Waals surface area contributed by atoms with E-state index >= 15 is 0 Å². The number of aromatic nitrogens is 4. The van der Waals surface area contributed by atoms with E-state index in [-0.39, 0.29) is 10.9 Å². The second kappa shape index (κ2) is 5.81. The van der Waals surface area contributed by atoms with Crippen molar-refractivity contribution in [2.75, 3.05) is 6.54 Å². The summed E-state index contributed by atoms with van der Waals surface area (Å²) in [4.78, 5) is 0.246. The van der Waals surface area contributed by atoms with Crippen molar-refractivity contribution < 1.29 is 8.42 Å². The smallest absolute Gasteiger partial charge is 0.207 e. The molecule has 24 heavy (non-hydrogen) atoms. The molecule has 3 aromatic rings. The fourth-order valence-electron chi connectivity index (χ4n) is 2.86. The van der Waals surface area contributed by atoms with Crippen LogP contribution >= 0.6 is 0 Å². The molecule has 0 bridgehead atoms. The molecular formula is C16H15N5O2S. The summed E-state index contributed by atoms with van der Waals surface area (Å²) < 4.78 is 28.9. The van der Waals surface area contributed by atoms with Crippen molar-refractivity contribution in [3.63, 3.8) is 0 Å². The Kier molecular flexibility index (Phi) is 3.62. The van der Waals surface area contributed by atoms with Crippen LogP contribution < -0.4 is 0 Å². The Labute approximate surface area is 139 Å². The van der Waals surface area contributed by atoms with E-state index < -0.39 is 10.0 Å². The molecule has 1 aromatic heterocycles. The van der Waals surface area contributed by atoms with Gasteiger partial charge in [-0.05, 0) is 40.6 Å². The molecule has 0 radical (unpaired) electrons. The molecule has 1 aliphatic rings. The summed E-state index contributed by atoms with van der Waals surface area (Å²) in [5.74, 6) is 0. The summed E-state index contributed by atoms with van der Waals surface area (Å²) in [7, 11) is -3.56. The SMILES string of the molecule is O=S(=O)(c1cccc(-n2cnnn2)c1)N1CC[C@H]1c1ccccc1. The molecule has 2 aromatic carbocycles. The summed E-state index contributed by atoms with van der Waals surface area (Å²) in [6, 6.07) is 16.3. The monoisotopic (exact) mass is 341 g/mol. The van der Waals surface area contributed by atoms with Crippen LogP contribution in [0.2, 0.25) is 0 Å². The second-order valence-electron chi connectivity index (χ2n) is 5.58. The Hall–Kier alpha value is -2.58. The lowest BCUT2D eigenvalue weighted by molar-refractivity contribution is 0.202. The normalized spacial score (nSPS) is 18.2. The van der Waals surface area contributed by atoms with Gasteiger partial charge in [0.2, 0.25) is 10.0 Å². The zero-order valence-corrected chi connectivity index (χ0v) is 13.5. The predicted octanol–water partition coefficient (Wildman–Crippen LogP) is 1.80. The first-order chi connectivity index (χ1) is 11.7. The van der Waals surface area contributed by atoms with Crippen LogP contribution in [0.4, 0.5) is 0 Å². The van der Waals surface area contributed by atoms with Gasteiger partial charge in [-0.3, -0.25) is 0 Å². The maximum atomic E-state index is 13.0. The zero-order chi connectivity index (χ0) is 16.6. The van der Waals surface area contributed by atoms with Crippen molar-refractivity contribution in [1.29, 1.82) is 0 Å². The Bertz CT molecular complexity index is 942. The molecule has 0 saturated carbocycles. The summed E-state index contributed by atoms with van der Waals surface area (Å²) >= 11 is 0. The number of tetrazole rings is 1. The quantitative estimate of drug-likeness (QED) is 0.723. The van der Waals surface area contributed by atoms with Gasteiger partial charge in [0.25, 0.3) is 0 Å². The molecule has 122 valence electrons. The maximum Gasteiger partial charge on any atom is 0.243 e. The van der Waals surface area contributed by atoms with Gasteiger partial charge >= 0.3 is 0 Å². The maximum absolute atomic E-state index is 13.0. The minimum absolute atomic E-state index is 0.104. The third-order valence-electron chi connectivity index (χ3n) is 4.19. The van der Waals surface area contributed by atoms with Crippen LogP contribution in [0, 0.1) is 0 Å². The van der Waals surface area contributed by atoms with Crippen molar-refractivity contribution in [2.24, 2.45) is 0 Å². The first-order valence-electron chi connectivity index (χ1n) is 7.56. The highest BCUT2D eigenvalue weighted by atomic mass is 32.2. The fraction of sp³-hybridized carbons (Fsp3) is 0.188. The van der Waals surface area contributed by atoms with E-state index in [1.807, 2.05) is 30.3 Å². The van der Waals surface area contributed by atoms with Gasteiger partial charge < -0.3 is 0 Å². The Morgan fingerprint density at radius 2 is 1.88 bits per heavy atom. The zero-order valence-electron chi connectivity index (χ0n) is 12.7. The number of sulfonamides is 1. The van der Waals surface area contributed by atoms with E-state index in [0.717, 1.165) is 12.0 Å². The van der Waals surface area contributed by atoms with Gasteiger partial charge in [-0.2, -0.15) is 4.31 Å². The number of hydrogen-bond acceptors (Lipinski definition) is 5. The molecule has 1 fully saturated rings. The van der Waals surface area contributed by atoms with Crippen LogP contribution in [-0.4, -0.2) is 39.5 Å². The molecule has 1 atom stereocenters. The molecule has 0 unspecified atom stereocenters. The molecule has 2 heterocycles. The van der Waals surface area contributed by atoms with Crippen LogP contribution in [0.5, 0.6) is 0 Å². The summed E-state index contributed by atoms with van der Waals surface area (Å²) in [6.07, 6.45) is 2.26. The highest BCUT2D eigenvalue weighted by Crippen LogP contribution is 2.38. The van der Waals surface area contributed by atoms with Gasteiger partial charge in [-0.25, -0.2) is 13.1 Å². The number of nitrogens with zero attached hydrogens (tertiary/aromatic N) is 5. The van der Waals surface area contributed by atoms with E-state index in [1.165, 1.54) is 11.0 Å². The Morgan fingerprint density at radius 3 is 2.54 bits per heavy atom. The van der Waals surface area contributed by atoms with Gasteiger partial charge in [0.1, 0.15) is 6.33 Å². The van der Waals surface area contributed by atoms with E-state index in [9.17, 15) is 8.42 Å². The topological polar surface area (TPSA) is 81.0 Å². The molecule has 8 heteroatoms. The standard InChI is InChI=1S/C16H15N5O2S/c22-24(23,21-10-9-16(21)13-5-2-1-3-6-13)15-8-4-7-14(11-15)20-12-17-18-19-20/h1-8,11-12,16H,9-10H2/t16-/m0/s1. The van der Waals surface area contributed by atoms with Gasteiger partial charge in [-0.1, -0.05) is 36.4 Å².